The number of carbonyl (C=O) groups excluding carboxylic acids is 5. The van der Waals surface area contributed by atoms with Crippen LogP contribution in [-0.2, 0) is 71.1 Å². The number of ketones is 2. The average Bonchev–Trinajstić information content (AvgIpc) is 1.63. The molecule has 0 aliphatic carbocycles. The number of sulfone groups is 1. The second-order valence-corrected chi connectivity index (χ2v) is 48.5. The van der Waals surface area contributed by atoms with Gasteiger partial charge in [0.2, 0.25) is 38.6 Å². The normalized spacial score (nSPS) is 12.4. The molecule has 9 aromatic rings. The smallest absolute Gasteiger partial charge is 0.250 e. The Morgan fingerprint density at radius 3 is 1.45 bits per heavy atom. The molecule has 29 heteroatoms. The molecule has 1 saturated heterocycles. The molecule has 1 aliphatic rings. The van der Waals surface area contributed by atoms with Gasteiger partial charge in [0.15, 0.2) is 28.9 Å². The van der Waals surface area contributed by atoms with Crippen LogP contribution in [0.4, 0.5) is 28.4 Å². The van der Waals surface area contributed by atoms with Gasteiger partial charge in [-0.1, -0.05) is 263 Å². The number of aryl methyl sites for hydroxylation is 2. The van der Waals surface area contributed by atoms with Crippen LogP contribution in [0.3, 0.4) is 0 Å². The van der Waals surface area contributed by atoms with Crippen LogP contribution < -0.4 is 45.1 Å². The number of Topliss-reactive ketones (excluding diaryl/α,β-unsaturated/α-hetero) is 2. The van der Waals surface area contributed by atoms with E-state index in [1.54, 1.807) is 48.2 Å². The Labute approximate surface area is 889 Å². The molecule has 0 saturated carbocycles. The molecule has 10 rings (SSSR count). The summed E-state index contributed by atoms with van der Waals surface area (Å²) in [5.74, 6) is 4.71. The highest BCUT2D eigenvalue weighted by Gasteiger charge is 2.31. The number of ether oxygens (including phenoxy) is 5. The molecule has 820 valence electrons. The number of benzene rings is 7. The van der Waals surface area contributed by atoms with E-state index in [-0.39, 0.29) is 91.3 Å². The first-order valence-corrected chi connectivity index (χ1v) is 53.7. The third-order valence-corrected chi connectivity index (χ3v) is 23.9. The van der Waals surface area contributed by atoms with Crippen LogP contribution in [0.5, 0.6) is 28.9 Å². The summed E-state index contributed by atoms with van der Waals surface area (Å²) < 4.78 is 54.7. The first kappa shape index (κ1) is 129. The van der Waals surface area contributed by atoms with Crippen molar-refractivity contribution < 1.29 is 66.3 Å². The van der Waals surface area contributed by atoms with Crippen LogP contribution >= 0.6 is 0 Å². The Morgan fingerprint density at radius 2 is 0.953 bits per heavy atom. The number of anilines is 5. The van der Waals surface area contributed by atoms with Gasteiger partial charge in [-0.2, -0.15) is 0 Å². The van der Waals surface area contributed by atoms with Gasteiger partial charge >= 0.3 is 0 Å². The minimum Gasteiger partial charge on any atom is -0.497 e. The third-order valence-electron chi connectivity index (χ3n) is 21.8. The van der Waals surface area contributed by atoms with Gasteiger partial charge in [-0.25, -0.2) is 13.4 Å². The number of aliphatic hydroxyl groups excluding tert-OH is 2. The molecule has 2 aromatic heterocycles. The Kier molecular flexibility index (Phi) is 55.2. The minimum absolute atomic E-state index is 0.0164. The number of pyridine rings is 1. The van der Waals surface area contributed by atoms with Gasteiger partial charge in [0.1, 0.15) is 11.5 Å². The van der Waals surface area contributed by atoms with E-state index in [4.69, 9.17) is 28.8 Å². The van der Waals surface area contributed by atoms with Crippen LogP contribution in [0.15, 0.2) is 187 Å². The first-order chi connectivity index (χ1) is 69.2. The Hall–Kier alpha value is -11.0. The Balaban J connectivity index is 0.000000360. The maximum absolute atomic E-state index is 12.7. The molecule has 0 unspecified atom stereocenters. The lowest BCUT2D eigenvalue weighted by molar-refractivity contribution is -0.120. The number of nitrogens with one attached hydrogen (secondary N) is 4. The van der Waals surface area contributed by atoms with E-state index in [2.05, 4.69) is 219 Å². The van der Waals surface area contributed by atoms with Crippen LogP contribution in [0.2, 0.25) is 0 Å². The van der Waals surface area contributed by atoms with Crippen LogP contribution in [0.1, 0.15) is 220 Å². The van der Waals surface area contributed by atoms with Gasteiger partial charge < -0.3 is 60.1 Å². The number of nitrogens with zero attached hydrogens (tertiary/aromatic N) is 10. The van der Waals surface area contributed by atoms with Crippen molar-refractivity contribution in [2.24, 2.45) is 37.9 Å². The molecule has 0 radical (unpaired) electrons. The van der Waals surface area contributed by atoms with Gasteiger partial charge in [-0.3, -0.25) is 53.0 Å². The van der Waals surface area contributed by atoms with Crippen molar-refractivity contribution in [2.75, 3.05) is 185 Å². The van der Waals surface area contributed by atoms with E-state index in [9.17, 15) is 37.5 Å². The highest BCUT2D eigenvalue weighted by atomic mass is 32.2. The molecule has 3 heterocycles. The second-order valence-electron chi connectivity index (χ2n) is 46.6. The molecule has 28 nitrogen and oxygen atoms in total. The Bertz CT molecular complexity index is 5520. The molecule has 1 fully saturated rings. The fourth-order valence-corrected chi connectivity index (χ4v) is 18.2. The van der Waals surface area contributed by atoms with Crippen LogP contribution in [0.25, 0.3) is 11.4 Å². The predicted octanol–water partition coefficient (Wildman–Crippen LogP) is 21.9. The summed E-state index contributed by atoms with van der Waals surface area (Å²) in [6.07, 6.45) is 3.56. The number of morpholine rings is 1. The molecule has 7 aromatic carbocycles. The van der Waals surface area contributed by atoms with E-state index in [0.717, 1.165) is 147 Å². The lowest BCUT2D eigenvalue weighted by Crippen LogP contribution is -2.38. The standard InChI is InChI=1S/C19H30N2O2.C18H30N2O3.C17H25N3O2S.C17H22N2O.C17H27NO2.C16H26N2O2.C15H24N2O2/c1-19(2,3)15-20(4)14-18(22)13-16-5-7-17(8-6-16)21-9-11-23-12-10-21;1-7-22-15-10-9-14(11-16(15)23-8-2)19-17(21)12-20(6)13-18(3,4)5;1-6-10-20-15(14-9-7-8-13(2)11-14)18-19-16(20)23(21,22)12-17(3,4)5;1-13-8-5-6-10-15(13)20-16-14(9-7-11-18-16)19-12-17(2,3)4;1-6-18(13-17(2,3)4)12-15(19)11-14-7-9-16(20-5)10-8-14;1-5-18(12-16(2,3)4)10-15(20)17-14-9-7-6-8-13(14)11-19;1-15(2,3)11-17(4)9-14(19)16-13-7-5-12(10-18)6-8-13/h5-8H,9-15H2,1-4H3;9-11H,7-8,12-13H2,1-6H3,(H,19,21);7-9,11H,6,10,12H2,1-5H3;5-11,19H,12H2,1-4H3;7-10H,6,11-13H2,1-5H3;6-9,19H,5,10-12H2,1-4H3,(H,17,20);5-8,18H,9-11H2,1-4H3,(H,16,19). The van der Waals surface area contributed by atoms with Crippen molar-refractivity contribution in [1.29, 1.82) is 0 Å². The number of rotatable bonds is 41. The number of methoxy groups -OCH3 is 1. The second kappa shape index (κ2) is 63.2. The SMILES string of the molecule is CCCn1c(-c2cccc(C)c2)nnc1S(=O)(=O)CC(C)(C)C.CCN(CC(=O)Cc1ccc(OC)cc1)CC(C)(C)C.CCN(CC(=O)Nc1ccccc1CO)CC(C)(C)C.CCOc1ccc(NC(=O)CN(C)CC(C)(C)C)cc1OCC.CN(CC(=O)Cc1ccc(N2CCOCC2)cc1)CC(C)(C)C.CN(CC(=O)Nc1ccc(CO)cc1)CC(C)(C)C.Cc1ccccc1Oc1ncccc1NCC(C)(C)C. The fraction of sp³-hybridized carbons (Fsp3) is 0.546. The number of aliphatic hydroxyl groups is 2. The van der Waals surface area contributed by atoms with Crippen molar-refractivity contribution in [3.63, 3.8) is 0 Å². The highest BCUT2D eigenvalue weighted by molar-refractivity contribution is 7.91. The Morgan fingerprint density at radius 1 is 0.466 bits per heavy atom. The maximum Gasteiger partial charge on any atom is 0.250 e. The number of carbonyl (C=O) groups is 5. The molecular formula is C119H184N14O14S. The summed E-state index contributed by atoms with van der Waals surface area (Å²) in [4.78, 5) is 77.6. The van der Waals surface area contributed by atoms with Crippen molar-refractivity contribution in [3.05, 3.63) is 216 Å². The number of para-hydroxylation sites is 2. The monoisotopic (exact) mass is 2070 g/mol. The predicted molar refractivity (Wildman–Crippen MR) is 609 cm³/mol. The maximum atomic E-state index is 12.7. The van der Waals surface area contributed by atoms with Gasteiger partial charge in [0.25, 0.3) is 0 Å². The van der Waals surface area contributed by atoms with E-state index >= 15 is 0 Å². The van der Waals surface area contributed by atoms with Gasteiger partial charge in [-0.05, 0) is 207 Å². The third kappa shape index (κ3) is 55.0. The van der Waals surface area contributed by atoms with Gasteiger partial charge in [-0.15, -0.1) is 10.2 Å². The number of amides is 3. The van der Waals surface area contributed by atoms with E-state index in [0.29, 0.717) is 99.9 Å². The number of likely N-dealkylation sites (N-methyl/N-ethyl adjacent to an activating group) is 5. The van der Waals surface area contributed by atoms with Crippen LogP contribution in [0, 0.1) is 51.8 Å². The zero-order chi connectivity index (χ0) is 111. The number of aromatic nitrogens is 4. The van der Waals surface area contributed by atoms with E-state index in [1.807, 2.05) is 208 Å². The molecular weight excluding hydrogens is 1880 g/mol. The summed E-state index contributed by atoms with van der Waals surface area (Å²) >= 11 is 0. The minimum atomic E-state index is -3.48. The molecule has 3 amide bonds. The molecule has 148 heavy (non-hydrogen) atoms. The molecule has 1 aliphatic heterocycles. The molecule has 0 bridgehead atoms. The van der Waals surface area contributed by atoms with Gasteiger partial charge in [0, 0.05) is 118 Å². The zero-order valence-electron chi connectivity index (χ0n) is 95.9. The van der Waals surface area contributed by atoms with Gasteiger partial charge in [0.05, 0.1) is 90.9 Å². The van der Waals surface area contributed by atoms with Crippen molar-refractivity contribution in [1.82, 2.24) is 44.2 Å². The summed E-state index contributed by atoms with van der Waals surface area (Å²) in [5, 5.41) is 38.5. The van der Waals surface area contributed by atoms with E-state index < -0.39 is 9.84 Å². The van der Waals surface area contributed by atoms with E-state index in [1.165, 1.54) is 5.69 Å². The number of hydrogen-bond acceptors (Lipinski definition) is 24. The summed E-state index contributed by atoms with van der Waals surface area (Å²) in [5.41, 5.74) is 11.9. The van der Waals surface area contributed by atoms with Crippen molar-refractivity contribution >= 4 is 67.6 Å². The summed E-state index contributed by atoms with van der Waals surface area (Å²) in [6, 6.07) is 55.8. The summed E-state index contributed by atoms with van der Waals surface area (Å²) in [7, 11) is 4.08. The van der Waals surface area contributed by atoms with Crippen molar-refractivity contribution in [3.8, 4) is 40.3 Å². The van der Waals surface area contributed by atoms with Crippen molar-refractivity contribution in [2.45, 2.75) is 238 Å². The molecule has 6 N–H and O–H groups in total. The summed E-state index contributed by atoms with van der Waals surface area (Å²) in [6.45, 7) is 73.2. The largest absolute Gasteiger partial charge is 0.497 e. The highest BCUT2D eigenvalue weighted by Crippen LogP contribution is 2.34. The lowest BCUT2D eigenvalue weighted by atomic mass is 9.96. The quantitative estimate of drug-likeness (QED) is 0.0207. The number of hydrogen-bond donors (Lipinski definition) is 6. The fourth-order valence-electron chi connectivity index (χ4n) is 16.2. The lowest BCUT2D eigenvalue weighted by Gasteiger charge is -2.29. The molecule has 0 spiro atoms. The average molecular weight is 2070 g/mol. The van der Waals surface area contributed by atoms with Crippen LogP contribution in [-0.4, -0.2) is 251 Å². The zero-order valence-corrected chi connectivity index (χ0v) is 96.7. The molecule has 0 atom stereocenters. The topological polar surface area (TPSA) is 317 Å². The first-order valence-electron chi connectivity index (χ1n) is 52.1.